The quantitative estimate of drug-likeness (QED) is 0.920. The Bertz CT molecular complexity index is 525. The zero-order valence-corrected chi connectivity index (χ0v) is 12.9. The molecule has 2 atom stereocenters. The predicted octanol–water partition coefficient (Wildman–Crippen LogP) is 1.70. The molecular formula is C16H24N4O. The Morgan fingerprint density at radius 3 is 2.95 bits per heavy atom. The minimum absolute atomic E-state index is 0.140. The second-order valence-corrected chi connectivity index (χ2v) is 6.11. The maximum atomic E-state index is 13.0. The molecular weight excluding hydrogens is 264 g/mol. The van der Waals surface area contributed by atoms with E-state index in [2.05, 4.69) is 20.4 Å². The van der Waals surface area contributed by atoms with E-state index in [1.165, 1.54) is 12.8 Å². The maximum Gasteiger partial charge on any atom is 0.256 e. The Kier molecular flexibility index (Phi) is 4.19. The summed E-state index contributed by atoms with van der Waals surface area (Å²) in [5.74, 6) is 0.140. The molecule has 3 rings (SSSR count). The largest absolute Gasteiger partial charge is 0.334 e. The van der Waals surface area contributed by atoms with Crippen molar-refractivity contribution in [3.63, 3.8) is 0 Å². The molecule has 0 radical (unpaired) electrons. The highest BCUT2D eigenvalue weighted by molar-refractivity contribution is 5.95. The van der Waals surface area contributed by atoms with Crippen molar-refractivity contribution in [3.8, 4) is 0 Å². The topological polar surface area (TPSA) is 58.1 Å². The molecule has 2 unspecified atom stereocenters. The molecule has 1 aromatic heterocycles. The summed E-state index contributed by atoms with van der Waals surface area (Å²) in [4.78, 5) is 15.0. The number of nitrogens with zero attached hydrogens (tertiary/aromatic N) is 3. The first-order valence-electron chi connectivity index (χ1n) is 8.08. The molecule has 3 heterocycles. The lowest BCUT2D eigenvalue weighted by atomic mass is 10.0. The number of aromatic nitrogens is 2. The Labute approximate surface area is 126 Å². The zero-order valence-electron chi connectivity index (χ0n) is 12.9. The Morgan fingerprint density at radius 2 is 2.24 bits per heavy atom. The maximum absolute atomic E-state index is 13.0. The molecule has 5 heteroatoms. The molecule has 2 aliphatic heterocycles. The van der Waals surface area contributed by atoms with E-state index in [-0.39, 0.29) is 5.91 Å². The fraction of sp³-hybridized carbons (Fsp3) is 0.688. The van der Waals surface area contributed by atoms with Crippen LogP contribution < -0.4 is 5.32 Å². The summed E-state index contributed by atoms with van der Waals surface area (Å²) in [6.07, 6.45) is 5.37. The van der Waals surface area contributed by atoms with Gasteiger partial charge in [-0.25, -0.2) is 0 Å². The number of amides is 1. The van der Waals surface area contributed by atoms with Crippen LogP contribution in [0.1, 0.15) is 54.4 Å². The van der Waals surface area contributed by atoms with E-state index < -0.39 is 0 Å². The summed E-state index contributed by atoms with van der Waals surface area (Å²) in [6.45, 7) is 5.87. The zero-order chi connectivity index (χ0) is 14.8. The second kappa shape index (κ2) is 6.10. The van der Waals surface area contributed by atoms with E-state index in [1.807, 2.05) is 19.9 Å². The third kappa shape index (κ3) is 2.79. The molecule has 21 heavy (non-hydrogen) atoms. The summed E-state index contributed by atoms with van der Waals surface area (Å²) in [5.41, 5.74) is 2.37. The van der Waals surface area contributed by atoms with Gasteiger partial charge in [-0.1, -0.05) is 6.92 Å². The van der Waals surface area contributed by atoms with Gasteiger partial charge in [0.25, 0.3) is 5.91 Å². The highest BCUT2D eigenvalue weighted by atomic mass is 16.2. The van der Waals surface area contributed by atoms with E-state index in [0.29, 0.717) is 12.1 Å². The van der Waals surface area contributed by atoms with Crippen molar-refractivity contribution in [2.45, 2.75) is 58.0 Å². The number of hydrogen-bond donors (Lipinski definition) is 1. The third-order valence-electron chi connectivity index (χ3n) is 4.68. The van der Waals surface area contributed by atoms with Crippen LogP contribution in [0.5, 0.6) is 0 Å². The minimum atomic E-state index is 0.140. The van der Waals surface area contributed by atoms with Crippen LogP contribution in [0.2, 0.25) is 0 Å². The average Bonchev–Trinajstić information content (AvgIpc) is 3.16. The van der Waals surface area contributed by atoms with Crippen LogP contribution in [0.3, 0.4) is 0 Å². The first-order chi connectivity index (χ1) is 10.2. The van der Waals surface area contributed by atoms with E-state index in [0.717, 1.165) is 49.3 Å². The third-order valence-corrected chi connectivity index (χ3v) is 4.68. The molecule has 2 fully saturated rings. The van der Waals surface area contributed by atoms with Gasteiger partial charge >= 0.3 is 0 Å². The number of hydrogen-bond acceptors (Lipinski definition) is 4. The van der Waals surface area contributed by atoms with Crippen LogP contribution in [-0.4, -0.2) is 46.2 Å². The van der Waals surface area contributed by atoms with Crippen LogP contribution in [0.4, 0.5) is 0 Å². The molecule has 0 saturated carbocycles. The Hall–Kier alpha value is -1.49. The van der Waals surface area contributed by atoms with E-state index in [9.17, 15) is 4.79 Å². The van der Waals surface area contributed by atoms with E-state index in [1.54, 1.807) is 0 Å². The highest BCUT2D eigenvalue weighted by Crippen LogP contribution is 2.27. The fourth-order valence-electron chi connectivity index (χ4n) is 3.62. The van der Waals surface area contributed by atoms with Crippen LogP contribution in [0.25, 0.3) is 0 Å². The normalized spacial score (nSPS) is 25.5. The van der Waals surface area contributed by atoms with Crippen molar-refractivity contribution in [1.29, 1.82) is 0 Å². The number of carbonyl (C=O) groups is 1. The first kappa shape index (κ1) is 14.4. The van der Waals surface area contributed by atoms with E-state index >= 15 is 0 Å². The van der Waals surface area contributed by atoms with Gasteiger partial charge in [0.15, 0.2) is 0 Å². The van der Waals surface area contributed by atoms with Gasteiger partial charge in [0.1, 0.15) is 0 Å². The molecule has 1 amide bonds. The summed E-state index contributed by atoms with van der Waals surface area (Å²) in [6, 6.07) is 2.71. The second-order valence-electron chi connectivity index (χ2n) is 6.11. The monoisotopic (exact) mass is 288 g/mol. The lowest BCUT2D eigenvalue weighted by Gasteiger charge is -2.30. The van der Waals surface area contributed by atoms with Gasteiger partial charge in [-0.2, -0.15) is 10.2 Å². The SMILES string of the molecule is CCc1nnc(C)cc1C(=O)N1CCCC1C1CCCN1. The summed E-state index contributed by atoms with van der Waals surface area (Å²) in [5, 5.41) is 11.8. The van der Waals surface area contributed by atoms with Gasteiger partial charge in [0, 0.05) is 18.6 Å². The van der Waals surface area contributed by atoms with Crippen molar-refractivity contribution in [2.75, 3.05) is 13.1 Å². The molecule has 2 aliphatic rings. The van der Waals surface area contributed by atoms with Crippen molar-refractivity contribution in [2.24, 2.45) is 0 Å². The van der Waals surface area contributed by atoms with E-state index in [4.69, 9.17) is 0 Å². The summed E-state index contributed by atoms with van der Waals surface area (Å²) < 4.78 is 0. The van der Waals surface area contributed by atoms with Crippen LogP contribution in [0, 0.1) is 6.92 Å². The average molecular weight is 288 g/mol. The minimum Gasteiger partial charge on any atom is -0.334 e. The number of rotatable bonds is 3. The summed E-state index contributed by atoms with van der Waals surface area (Å²) >= 11 is 0. The van der Waals surface area contributed by atoms with Gasteiger partial charge in [-0.3, -0.25) is 4.79 Å². The lowest BCUT2D eigenvalue weighted by Crippen LogP contribution is -2.46. The van der Waals surface area contributed by atoms with Gasteiger partial charge in [0.05, 0.1) is 17.0 Å². The number of aryl methyl sites for hydroxylation is 2. The fourth-order valence-corrected chi connectivity index (χ4v) is 3.62. The lowest BCUT2D eigenvalue weighted by molar-refractivity contribution is 0.0709. The molecule has 5 nitrogen and oxygen atoms in total. The molecule has 0 aliphatic carbocycles. The molecule has 0 spiro atoms. The predicted molar refractivity (Wildman–Crippen MR) is 81.2 cm³/mol. The van der Waals surface area contributed by atoms with Crippen LogP contribution in [0.15, 0.2) is 6.07 Å². The standard InChI is InChI=1S/C16H24N4O/c1-3-13-12(10-11(2)18-19-13)16(21)20-9-5-7-15(20)14-6-4-8-17-14/h10,14-15,17H,3-9H2,1-2H3. The van der Waals surface area contributed by atoms with Crippen LogP contribution in [-0.2, 0) is 6.42 Å². The van der Waals surface area contributed by atoms with Crippen molar-refractivity contribution in [1.82, 2.24) is 20.4 Å². The molecule has 0 aromatic carbocycles. The van der Waals surface area contributed by atoms with Gasteiger partial charge in [0.2, 0.25) is 0 Å². The Morgan fingerprint density at radius 1 is 1.38 bits per heavy atom. The molecule has 2 saturated heterocycles. The Balaban J connectivity index is 1.85. The van der Waals surface area contributed by atoms with Crippen LogP contribution >= 0.6 is 0 Å². The van der Waals surface area contributed by atoms with Crippen molar-refractivity contribution >= 4 is 5.91 Å². The molecule has 0 bridgehead atoms. The number of carbonyl (C=O) groups excluding carboxylic acids is 1. The molecule has 1 aromatic rings. The van der Waals surface area contributed by atoms with Gasteiger partial charge in [-0.15, -0.1) is 0 Å². The smallest absolute Gasteiger partial charge is 0.256 e. The molecule has 1 N–H and O–H groups in total. The van der Waals surface area contributed by atoms with Gasteiger partial charge < -0.3 is 10.2 Å². The van der Waals surface area contributed by atoms with Crippen molar-refractivity contribution < 1.29 is 4.79 Å². The summed E-state index contributed by atoms with van der Waals surface area (Å²) in [7, 11) is 0. The first-order valence-corrected chi connectivity index (χ1v) is 8.08. The van der Waals surface area contributed by atoms with Gasteiger partial charge in [-0.05, 0) is 51.6 Å². The number of nitrogens with one attached hydrogen (secondary N) is 1. The molecule has 114 valence electrons. The van der Waals surface area contributed by atoms with Crippen molar-refractivity contribution in [3.05, 3.63) is 23.0 Å². The number of likely N-dealkylation sites (tertiary alicyclic amines) is 1. The highest BCUT2D eigenvalue weighted by Gasteiger charge is 2.36.